The Labute approximate surface area is 104 Å². The average Bonchev–Trinajstić information content (AvgIpc) is 2.35. The Morgan fingerprint density at radius 3 is 2.38 bits per heavy atom. The number of rotatable bonds is 6. The molecule has 0 aliphatic carbocycles. The fourth-order valence-corrected chi connectivity index (χ4v) is 2.75. The van der Waals surface area contributed by atoms with Gasteiger partial charge in [0.25, 0.3) is 0 Å². The highest BCUT2D eigenvalue weighted by Gasteiger charge is 2.14. The Kier molecular flexibility index (Phi) is 5.93. The van der Waals surface area contributed by atoms with Crippen LogP contribution in [0.2, 0.25) is 0 Å². The van der Waals surface area contributed by atoms with Crippen LogP contribution in [0.25, 0.3) is 0 Å². The van der Waals surface area contributed by atoms with Gasteiger partial charge in [-0.1, -0.05) is 44.9 Å². The lowest BCUT2D eigenvalue weighted by Gasteiger charge is -2.20. The maximum Gasteiger partial charge on any atom is 0.0308 e. The normalized spacial score (nSPS) is 13.1. The van der Waals surface area contributed by atoms with Crippen LogP contribution in [0.4, 0.5) is 0 Å². The Bertz CT molecular complexity index is 307. The first-order valence-corrected chi connectivity index (χ1v) is 7.33. The van der Waals surface area contributed by atoms with Crippen LogP contribution in [0.3, 0.4) is 0 Å². The molecule has 0 aromatic heterocycles. The molecule has 1 aromatic rings. The van der Waals surface area contributed by atoms with E-state index in [9.17, 15) is 0 Å². The van der Waals surface area contributed by atoms with E-state index in [1.807, 2.05) is 0 Å². The van der Waals surface area contributed by atoms with Gasteiger partial charge in [-0.2, -0.15) is 0 Å². The van der Waals surface area contributed by atoms with Crippen LogP contribution in [0.15, 0.2) is 29.2 Å². The first-order valence-electron chi connectivity index (χ1n) is 6.11. The van der Waals surface area contributed by atoms with Crippen LogP contribution in [-0.4, -0.2) is 6.26 Å². The summed E-state index contributed by atoms with van der Waals surface area (Å²) in [4.78, 5) is 1.32. The Hall–Kier alpha value is -0.470. The molecule has 1 atom stereocenters. The van der Waals surface area contributed by atoms with Crippen LogP contribution < -0.4 is 5.73 Å². The molecule has 0 spiro atoms. The molecule has 0 aliphatic rings. The molecule has 16 heavy (non-hydrogen) atoms. The third kappa shape index (κ3) is 3.53. The zero-order chi connectivity index (χ0) is 12.0. The summed E-state index contributed by atoms with van der Waals surface area (Å²) in [6, 6.07) is 8.68. The lowest BCUT2D eigenvalue weighted by Crippen LogP contribution is -2.15. The van der Waals surface area contributed by atoms with Gasteiger partial charge in [-0.3, -0.25) is 0 Å². The molecule has 0 bridgehead atoms. The second kappa shape index (κ2) is 6.97. The molecule has 1 rings (SSSR count). The Morgan fingerprint density at radius 1 is 1.19 bits per heavy atom. The van der Waals surface area contributed by atoms with Gasteiger partial charge in [0, 0.05) is 10.9 Å². The second-order valence-corrected chi connectivity index (χ2v) is 5.11. The molecule has 0 saturated heterocycles. The molecule has 1 aromatic carbocycles. The van der Waals surface area contributed by atoms with Gasteiger partial charge in [0.2, 0.25) is 0 Å². The van der Waals surface area contributed by atoms with Gasteiger partial charge in [0.05, 0.1) is 0 Å². The first kappa shape index (κ1) is 13.6. The third-order valence-corrected chi connectivity index (χ3v) is 4.09. The maximum absolute atomic E-state index is 6.31. The predicted octanol–water partition coefficient (Wildman–Crippen LogP) is 4.23. The molecular formula is C14H23NS. The summed E-state index contributed by atoms with van der Waals surface area (Å²) in [5, 5.41) is 0. The molecule has 0 aliphatic heterocycles. The van der Waals surface area contributed by atoms with Crippen molar-refractivity contribution in [1.29, 1.82) is 0 Å². The summed E-state index contributed by atoms with van der Waals surface area (Å²) >= 11 is 1.79. The summed E-state index contributed by atoms with van der Waals surface area (Å²) in [7, 11) is 0. The topological polar surface area (TPSA) is 26.0 Å². The highest BCUT2D eigenvalue weighted by molar-refractivity contribution is 7.98. The van der Waals surface area contributed by atoms with E-state index in [2.05, 4.69) is 44.4 Å². The van der Waals surface area contributed by atoms with Crippen molar-refractivity contribution in [3.63, 3.8) is 0 Å². The molecule has 0 fully saturated rings. The zero-order valence-corrected chi connectivity index (χ0v) is 11.4. The van der Waals surface area contributed by atoms with Gasteiger partial charge in [-0.25, -0.2) is 0 Å². The maximum atomic E-state index is 6.31. The average molecular weight is 237 g/mol. The minimum absolute atomic E-state index is 0.188. The molecule has 1 unspecified atom stereocenters. The molecule has 0 radical (unpaired) electrons. The van der Waals surface area contributed by atoms with Crippen molar-refractivity contribution in [3.8, 4) is 0 Å². The summed E-state index contributed by atoms with van der Waals surface area (Å²) < 4.78 is 0. The number of hydrogen-bond acceptors (Lipinski definition) is 2. The molecule has 0 heterocycles. The summed E-state index contributed by atoms with van der Waals surface area (Å²) in [5.41, 5.74) is 7.62. The zero-order valence-electron chi connectivity index (χ0n) is 10.6. The summed E-state index contributed by atoms with van der Waals surface area (Å²) in [5.74, 6) is 0.755. The van der Waals surface area contributed by atoms with E-state index in [4.69, 9.17) is 5.73 Å². The lowest BCUT2D eigenvalue weighted by molar-refractivity contribution is 0.412. The van der Waals surface area contributed by atoms with Gasteiger partial charge in [-0.05, 0) is 30.2 Å². The van der Waals surface area contributed by atoms with E-state index in [0.717, 1.165) is 12.3 Å². The second-order valence-electron chi connectivity index (χ2n) is 4.27. The number of thioether (sulfide) groups is 1. The van der Waals surface area contributed by atoms with Crippen molar-refractivity contribution < 1.29 is 0 Å². The van der Waals surface area contributed by atoms with Gasteiger partial charge in [-0.15, -0.1) is 11.8 Å². The van der Waals surface area contributed by atoms with E-state index >= 15 is 0 Å². The smallest absolute Gasteiger partial charge is 0.0308 e. The Morgan fingerprint density at radius 2 is 1.81 bits per heavy atom. The van der Waals surface area contributed by atoms with E-state index in [0.29, 0.717) is 0 Å². The van der Waals surface area contributed by atoms with Crippen molar-refractivity contribution in [2.75, 3.05) is 6.26 Å². The quantitative estimate of drug-likeness (QED) is 0.749. The highest BCUT2D eigenvalue weighted by atomic mass is 32.2. The van der Waals surface area contributed by atoms with Gasteiger partial charge >= 0.3 is 0 Å². The van der Waals surface area contributed by atoms with Crippen molar-refractivity contribution in [1.82, 2.24) is 0 Å². The molecule has 0 amide bonds. The van der Waals surface area contributed by atoms with Crippen molar-refractivity contribution in [3.05, 3.63) is 29.8 Å². The monoisotopic (exact) mass is 237 g/mol. The summed E-state index contributed by atoms with van der Waals surface area (Å²) in [6.45, 7) is 4.50. The molecule has 2 N–H and O–H groups in total. The van der Waals surface area contributed by atoms with Crippen molar-refractivity contribution in [2.24, 2.45) is 11.7 Å². The summed E-state index contributed by atoms with van der Waals surface area (Å²) in [6.07, 6.45) is 5.67. The highest BCUT2D eigenvalue weighted by Crippen LogP contribution is 2.29. The SMILES string of the molecule is CCC(CC)CC(N)c1ccccc1SC. The van der Waals surface area contributed by atoms with Gasteiger partial charge in [0.15, 0.2) is 0 Å². The number of hydrogen-bond donors (Lipinski definition) is 1. The van der Waals surface area contributed by atoms with Crippen LogP contribution in [-0.2, 0) is 0 Å². The van der Waals surface area contributed by atoms with Crippen molar-refractivity contribution in [2.45, 2.75) is 44.0 Å². The molecule has 0 saturated carbocycles. The van der Waals surface area contributed by atoms with Gasteiger partial charge < -0.3 is 5.73 Å². The van der Waals surface area contributed by atoms with Gasteiger partial charge in [0.1, 0.15) is 0 Å². The van der Waals surface area contributed by atoms with E-state index in [-0.39, 0.29) is 6.04 Å². The van der Waals surface area contributed by atoms with E-state index < -0.39 is 0 Å². The van der Waals surface area contributed by atoms with Crippen molar-refractivity contribution >= 4 is 11.8 Å². The molecule has 1 nitrogen and oxygen atoms in total. The van der Waals surface area contributed by atoms with Crippen LogP contribution in [0.1, 0.15) is 44.7 Å². The minimum atomic E-state index is 0.188. The standard InChI is InChI=1S/C14H23NS/c1-4-11(5-2)10-13(15)12-8-6-7-9-14(12)16-3/h6-9,11,13H,4-5,10,15H2,1-3H3. The number of benzene rings is 1. The third-order valence-electron chi connectivity index (χ3n) is 3.28. The lowest BCUT2D eigenvalue weighted by atomic mass is 9.92. The molecular weight excluding hydrogens is 214 g/mol. The predicted molar refractivity (Wildman–Crippen MR) is 73.8 cm³/mol. The van der Waals surface area contributed by atoms with Crippen LogP contribution in [0, 0.1) is 5.92 Å². The van der Waals surface area contributed by atoms with Crippen LogP contribution in [0.5, 0.6) is 0 Å². The van der Waals surface area contributed by atoms with Crippen LogP contribution >= 0.6 is 11.8 Å². The minimum Gasteiger partial charge on any atom is -0.324 e. The first-order chi connectivity index (χ1) is 7.72. The fourth-order valence-electron chi connectivity index (χ4n) is 2.08. The number of nitrogens with two attached hydrogens (primary N) is 1. The Balaban J connectivity index is 2.75. The van der Waals surface area contributed by atoms with E-state index in [1.165, 1.54) is 23.3 Å². The van der Waals surface area contributed by atoms with E-state index in [1.54, 1.807) is 11.8 Å². The largest absolute Gasteiger partial charge is 0.324 e. The molecule has 90 valence electrons. The molecule has 2 heteroatoms. The fraction of sp³-hybridized carbons (Fsp3) is 0.571.